The summed E-state index contributed by atoms with van der Waals surface area (Å²) < 4.78 is 1.55. The molecule has 0 radical (unpaired) electrons. The van der Waals surface area contributed by atoms with E-state index in [2.05, 4.69) is 113 Å². The van der Waals surface area contributed by atoms with Gasteiger partial charge in [-0.05, 0) is 90.3 Å². The maximum absolute atomic E-state index is 10.9. The van der Waals surface area contributed by atoms with Crippen molar-refractivity contribution >= 4 is 71.8 Å². The number of allylic oxidation sites excluding steroid dienone is 5. The van der Waals surface area contributed by atoms with Crippen LogP contribution in [-0.4, -0.2) is 32.0 Å². The molecule has 0 bridgehead atoms. The number of fused-ring (bicyclic) bond motifs is 1. The van der Waals surface area contributed by atoms with E-state index in [9.17, 15) is 14.4 Å². The van der Waals surface area contributed by atoms with Gasteiger partial charge >= 0.3 is 51.4 Å². The van der Waals surface area contributed by atoms with Crippen LogP contribution in [-0.2, 0) is 4.79 Å². The van der Waals surface area contributed by atoms with E-state index in [4.69, 9.17) is 0 Å². The predicted octanol–water partition coefficient (Wildman–Crippen LogP) is 7.54. The van der Waals surface area contributed by atoms with Gasteiger partial charge in [-0.15, -0.1) is 0 Å². The second-order valence-electron chi connectivity index (χ2n) is 10.1. The van der Waals surface area contributed by atoms with Crippen molar-refractivity contribution in [3.63, 3.8) is 0 Å². The maximum atomic E-state index is 10.9. The average molecular weight is 801 g/mol. The van der Waals surface area contributed by atoms with Gasteiger partial charge in [0.15, 0.2) is 0 Å². The first-order chi connectivity index (χ1) is 19.1. The summed E-state index contributed by atoms with van der Waals surface area (Å²) in [5.41, 5.74) is 4.84. The minimum absolute atomic E-state index is 0. The van der Waals surface area contributed by atoms with Gasteiger partial charge in [0.05, 0.1) is 35.1 Å². The van der Waals surface area contributed by atoms with Crippen molar-refractivity contribution in [2.24, 2.45) is 5.92 Å². The second-order valence-corrected chi connectivity index (χ2v) is 12.5. The summed E-state index contributed by atoms with van der Waals surface area (Å²) in [6.45, 7) is 24.5. The Labute approximate surface area is 326 Å². The molecule has 3 rings (SSSR count). The average Bonchev–Trinajstić information content (AvgIpc) is 3.14. The Morgan fingerprint density at radius 1 is 1.00 bits per heavy atom. The molecule has 1 saturated heterocycles. The number of carbonyl (C=O) groups excluding carboxylic acids is 3. The second kappa shape index (κ2) is 29.6. The van der Waals surface area contributed by atoms with Crippen LogP contribution in [0.5, 0.6) is 0 Å². The SMILES string of the molecule is C=C(C)[CH+]CBr.CCC=C(C)C.CCC=C(C)C.CC[C@H]1C(=O)NC1(C)C.O=C1[N-]C(=O)c2ccccc21.S=CI.[K+]. The van der Waals surface area contributed by atoms with Gasteiger partial charge < -0.3 is 20.2 Å². The van der Waals surface area contributed by atoms with Crippen LogP contribution < -0.4 is 56.7 Å². The number of imide groups is 1. The number of nitrogens with one attached hydrogen (secondary N) is 1. The minimum atomic E-state index is -0.425. The molecule has 2 aliphatic rings. The summed E-state index contributed by atoms with van der Waals surface area (Å²) in [5, 5.41) is 7.04. The van der Waals surface area contributed by atoms with Gasteiger partial charge in [0.1, 0.15) is 0 Å². The smallest absolute Gasteiger partial charge is 0.587 e. The fourth-order valence-electron chi connectivity index (χ4n) is 3.45. The van der Waals surface area contributed by atoms with E-state index < -0.39 is 11.8 Å². The van der Waals surface area contributed by atoms with Crippen molar-refractivity contribution in [1.29, 1.82) is 0 Å². The zero-order chi connectivity index (χ0) is 32.6. The first-order valence-corrected chi connectivity index (χ1v) is 16.5. The molecule has 9 heteroatoms. The molecule has 0 saturated carbocycles. The Kier molecular flexibility index (Phi) is 34.3. The number of nitrogens with zero attached hydrogens (tertiary/aromatic N) is 1. The van der Waals surface area contributed by atoms with Gasteiger partial charge in [-0.25, -0.2) is 0 Å². The molecule has 0 aliphatic carbocycles. The minimum Gasteiger partial charge on any atom is -0.587 e. The van der Waals surface area contributed by atoms with Crippen LogP contribution in [0.15, 0.2) is 59.7 Å². The molecule has 1 atom stereocenters. The van der Waals surface area contributed by atoms with Gasteiger partial charge in [0.25, 0.3) is 0 Å². The van der Waals surface area contributed by atoms with Crippen LogP contribution in [0, 0.1) is 12.3 Å². The Hall–Kier alpha value is -0.144. The third kappa shape index (κ3) is 25.2. The molecule has 0 spiro atoms. The van der Waals surface area contributed by atoms with Crippen molar-refractivity contribution < 1.29 is 65.8 Å². The van der Waals surface area contributed by atoms with E-state index in [1.807, 2.05) is 42.9 Å². The van der Waals surface area contributed by atoms with Gasteiger partial charge in [-0.1, -0.05) is 96.5 Å². The molecule has 1 N–H and O–H groups in total. The first kappa shape index (κ1) is 48.8. The van der Waals surface area contributed by atoms with Crippen molar-refractivity contribution in [3.05, 3.63) is 82.6 Å². The van der Waals surface area contributed by atoms with Crippen molar-refractivity contribution in [1.82, 2.24) is 5.32 Å². The van der Waals surface area contributed by atoms with E-state index in [0.29, 0.717) is 11.1 Å². The van der Waals surface area contributed by atoms with Gasteiger partial charge in [-0.3, -0.25) is 4.79 Å². The number of hydrogen-bond acceptors (Lipinski definition) is 4. The molecular formula is C33H50BrIKN2O3S+. The Bertz CT molecular complexity index is 967. The summed E-state index contributed by atoms with van der Waals surface area (Å²) >= 11 is 9.47. The van der Waals surface area contributed by atoms with Crippen molar-refractivity contribution in [2.75, 3.05) is 5.33 Å². The topological polar surface area (TPSA) is 77.3 Å². The molecule has 0 unspecified atom stereocenters. The van der Waals surface area contributed by atoms with Crippen LogP contribution in [0.2, 0.25) is 0 Å². The van der Waals surface area contributed by atoms with Crippen LogP contribution in [0.1, 0.15) is 109 Å². The molecule has 1 aromatic carbocycles. The number of thiocarbonyl (C=S) groups is 1. The fourth-order valence-corrected chi connectivity index (χ4v) is 4.01. The monoisotopic (exact) mass is 799 g/mol. The number of amides is 3. The number of alkyl halides is 1. The van der Waals surface area contributed by atoms with E-state index in [1.165, 1.54) is 24.0 Å². The number of benzene rings is 1. The third-order valence-electron chi connectivity index (χ3n) is 5.28. The molecule has 42 heavy (non-hydrogen) atoms. The number of halogens is 2. The molecule has 3 amide bonds. The van der Waals surface area contributed by atoms with Crippen LogP contribution in [0.4, 0.5) is 0 Å². The van der Waals surface area contributed by atoms with Gasteiger partial charge in [0.2, 0.25) is 5.91 Å². The Balaban J connectivity index is -0.000000214. The zero-order valence-corrected chi connectivity index (χ0v) is 35.3. The first-order valence-electron chi connectivity index (χ1n) is 13.7. The van der Waals surface area contributed by atoms with E-state index in [0.717, 1.165) is 17.3 Å². The normalized spacial score (nSPS) is 14.1. The Morgan fingerprint density at radius 3 is 1.52 bits per heavy atom. The summed E-state index contributed by atoms with van der Waals surface area (Å²) in [5.74, 6) is -0.392. The number of rotatable bonds is 5. The van der Waals surface area contributed by atoms with E-state index >= 15 is 0 Å². The number of β-lactam (4-membered cyclic amide) rings is 1. The molecule has 1 fully saturated rings. The fraction of sp³-hybridized carbons (Fsp3) is 0.485. The van der Waals surface area contributed by atoms with Crippen molar-refractivity contribution in [2.45, 2.75) is 94.0 Å². The molecule has 0 aromatic heterocycles. The molecule has 2 aliphatic heterocycles. The zero-order valence-electron chi connectivity index (χ0n) is 27.6. The van der Waals surface area contributed by atoms with E-state index in [-0.39, 0.29) is 68.7 Å². The van der Waals surface area contributed by atoms with Crippen LogP contribution >= 0.6 is 50.7 Å². The summed E-state index contributed by atoms with van der Waals surface area (Å²) in [4.78, 5) is 32.5. The van der Waals surface area contributed by atoms with Crippen LogP contribution in [0.3, 0.4) is 0 Å². The molecule has 1 aromatic rings. The maximum Gasteiger partial charge on any atom is 1.00 e. The molecule has 230 valence electrons. The van der Waals surface area contributed by atoms with Crippen molar-refractivity contribution in [3.8, 4) is 0 Å². The third-order valence-corrected chi connectivity index (χ3v) is 5.61. The molecule has 2 heterocycles. The van der Waals surface area contributed by atoms with Crippen LogP contribution in [0.25, 0.3) is 5.32 Å². The summed E-state index contributed by atoms with van der Waals surface area (Å²) in [6.07, 6.45) is 9.73. The quantitative estimate of drug-likeness (QED) is 0.0385. The Morgan fingerprint density at radius 2 is 1.38 bits per heavy atom. The largest absolute Gasteiger partial charge is 1.00 e. The molecular weight excluding hydrogens is 750 g/mol. The summed E-state index contributed by atoms with van der Waals surface area (Å²) in [6, 6.07) is 6.63. The standard InChI is InChI=1S/C8H5NO2.C7H13NO.2C6H12.C5H8Br.CHIS.K/c10-7-5-3-1-2-4-6(5)8(11)9-7;1-4-5-6(9)8-7(5,2)3;2*1-4-5-6(2)3;1-5(2)3-4-6;2-1-3;/h1-4H,(H,9,10,11);5H,4H2,1-3H3,(H,8,9);2*5H,4H2,1-3H3;3H,1,4H2,2H3;1H;/q;;;;+1;;+1/p-1/t;5-;;;;;/m.0...../s1. The summed E-state index contributed by atoms with van der Waals surface area (Å²) in [7, 11) is 0. The number of hydrogen-bond donors (Lipinski definition) is 1. The number of carbonyl (C=O) groups is 3. The van der Waals surface area contributed by atoms with Gasteiger partial charge in [0, 0.05) is 26.6 Å². The van der Waals surface area contributed by atoms with Gasteiger partial charge in [-0.2, -0.15) is 0 Å². The van der Waals surface area contributed by atoms with E-state index in [1.54, 1.807) is 27.6 Å². The molecule has 5 nitrogen and oxygen atoms in total. The predicted molar refractivity (Wildman–Crippen MR) is 194 cm³/mol.